The summed E-state index contributed by atoms with van der Waals surface area (Å²) in [6, 6.07) is 0.323. The Morgan fingerprint density at radius 3 is 2.50 bits per heavy atom. The number of ether oxygens (including phenoxy) is 1. The van der Waals surface area contributed by atoms with Gasteiger partial charge in [-0.05, 0) is 20.4 Å². The van der Waals surface area contributed by atoms with Gasteiger partial charge in [-0.3, -0.25) is 9.69 Å². The summed E-state index contributed by atoms with van der Waals surface area (Å²) in [5.41, 5.74) is 0. The van der Waals surface area contributed by atoms with Crippen molar-refractivity contribution in [2.75, 3.05) is 26.8 Å². The molecule has 0 fully saturated rings. The van der Waals surface area contributed by atoms with E-state index in [2.05, 4.69) is 18.7 Å². The van der Waals surface area contributed by atoms with E-state index in [9.17, 15) is 4.79 Å². The highest BCUT2D eigenvalue weighted by atomic mass is 16.5. The summed E-state index contributed by atoms with van der Waals surface area (Å²) < 4.78 is 5.02. The average Bonchev–Trinajstić information content (AvgIpc) is 2.00. The second kappa shape index (κ2) is 6.14. The van der Waals surface area contributed by atoms with Crippen molar-refractivity contribution in [3.05, 3.63) is 0 Å². The van der Waals surface area contributed by atoms with Crippen molar-refractivity contribution >= 4 is 5.78 Å². The van der Waals surface area contributed by atoms with Crippen LogP contribution in [0.3, 0.4) is 0 Å². The summed E-state index contributed by atoms with van der Waals surface area (Å²) in [6.45, 7) is 7.83. The molecule has 0 bridgehead atoms. The van der Waals surface area contributed by atoms with Gasteiger partial charge in [0.05, 0.1) is 13.2 Å². The van der Waals surface area contributed by atoms with Gasteiger partial charge in [-0.1, -0.05) is 6.92 Å². The summed E-state index contributed by atoms with van der Waals surface area (Å²) in [6.07, 6.45) is 0. The van der Waals surface area contributed by atoms with E-state index in [1.807, 2.05) is 0 Å². The van der Waals surface area contributed by atoms with E-state index in [1.54, 1.807) is 14.0 Å². The van der Waals surface area contributed by atoms with Crippen LogP contribution in [-0.2, 0) is 9.53 Å². The molecule has 1 atom stereocenters. The number of rotatable bonds is 6. The van der Waals surface area contributed by atoms with Crippen LogP contribution in [0.4, 0.5) is 0 Å². The third-order valence-corrected chi connectivity index (χ3v) is 1.86. The third kappa shape index (κ3) is 4.46. The van der Waals surface area contributed by atoms with E-state index in [0.717, 1.165) is 6.54 Å². The fourth-order valence-corrected chi connectivity index (χ4v) is 1.21. The largest absolute Gasteiger partial charge is 0.383 e. The van der Waals surface area contributed by atoms with Crippen molar-refractivity contribution in [3.8, 4) is 0 Å². The van der Waals surface area contributed by atoms with Gasteiger partial charge in [0.1, 0.15) is 5.78 Å². The Hall–Kier alpha value is -0.410. The molecule has 0 N–H and O–H groups in total. The number of nitrogens with zero attached hydrogens (tertiary/aromatic N) is 1. The Kier molecular flexibility index (Phi) is 5.93. The van der Waals surface area contributed by atoms with Crippen LogP contribution in [0.15, 0.2) is 0 Å². The fraction of sp³-hybridized carbons (Fsp3) is 0.889. The minimum absolute atomic E-state index is 0.208. The van der Waals surface area contributed by atoms with Crippen LogP contribution in [0.1, 0.15) is 20.8 Å². The van der Waals surface area contributed by atoms with Crippen molar-refractivity contribution in [3.63, 3.8) is 0 Å². The Bertz CT molecular complexity index is 136. The Labute approximate surface area is 74.7 Å². The quantitative estimate of drug-likeness (QED) is 0.598. The van der Waals surface area contributed by atoms with E-state index in [0.29, 0.717) is 19.2 Å². The van der Waals surface area contributed by atoms with E-state index in [4.69, 9.17) is 4.74 Å². The van der Waals surface area contributed by atoms with Crippen LogP contribution in [0, 0.1) is 0 Å². The van der Waals surface area contributed by atoms with Crippen molar-refractivity contribution < 1.29 is 9.53 Å². The number of hydrogen-bond donors (Lipinski definition) is 0. The van der Waals surface area contributed by atoms with Crippen LogP contribution in [-0.4, -0.2) is 43.5 Å². The maximum absolute atomic E-state index is 10.8. The minimum atomic E-state index is 0.208. The molecule has 3 heteroatoms. The van der Waals surface area contributed by atoms with Gasteiger partial charge in [0.25, 0.3) is 0 Å². The monoisotopic (exact) mass is 173 g/mol. The van der Waals surface area contributed by atoms with Crippen molar-refractivity contribution in [2.45, 2.75) is 26.8 Å². The summed E-state index contributed by atoms with van der Waals surface area (Å²) in [5.74, 6) is 0.208. The number of carbonyl (C=O) groups excluding carboxylic acids is 1. The molecule has 0 aromatic carbocycles. The highest BCUT2D eigenvalue weighted by molar-refractivity contribution is 5.77. The van der Waals surface area contributed by atoms with Gasteiger partial charge >= 0.3 is 0 Å². The van der Waals surface area contributed by atoms with Crippen molar-refractivity contribution in [1.29, 1.82) is 0 Å². The first-order valence-electron chi connectivity index (χ1n) is 4.34. The molecule has 0 radical (unpaired) electrons. The molecule has 0 aliphatic heterocycles. The van der Waals surface area contributed by atoms with Crippen molar-refractivity contribution in [1.82, 2.24) is 4.90 Å². The van der Waals surface area contributed by atoms with Crippen LogP contribution >= 0.6 is 0 Å². The van der Waals surface area contributed by atoms with Crippen LogP contribution in [0.2, 0.25) is 0 Å². The molecule has 0 amide bonds. The summed E-state index contributed by atoms with van der Waals surface area (Å²) in [7, 11) is 1.68. The minimum Gasteiger partial charge on any atom is -0.383 e. The predicted octanol–water partition coefficient (Wildman–Crippen LogP) is 0.932. The molecule has 3 nitrogen and oxygen atoms in total. The number of methoxy groups -OCH3 is 1. The Morgan fingerprint density at radius 1 is 1.58 bits per heavy atom. The maximum atomic E-state index is 10.8. The molecule has 1 unspecified atom stereocenters. The van der Waals surface area contributed by atoms with Gasteiger partial charge in [0.15, 0.2) is 0 Å². The Balaban J connectivity index is 3.86. The molecule has 0 spiro atoms. The molecule has 12 heavy (non-hydrogen) atoms. The lowest BCUT2D eigenvalue weighted by atomic mass is 10.2. The van der Waals surface area contributed by atoms with Gasteiger partial charge in [-0.15, -0.1) is 0 Å². The molecule has 0 aromatic heterocycles. The smallest absolute Gasteiger partial charge is 0.143 e. The van der Waals surface area contributed by atoms with Crippen LogP contribution in [0.25, 0.3) is 0 Å². The van der Waals surface area contributed by atoms with Crippen LogP contribution < -0.4 is 0 Å². The summed E-state index contributed by atoms with van der Waals surface area (Å²) >= 11 is 0. The highest BCUT2D eigenvalue weighted by Gasteiger charge is 2.12. The number of ketones is 1. The number of carbonyl (C=O) groups is 1. The topological polar surface area (TPSA) is 29.5 Å². The molecule has 0 aliphatic carbocycles. The standard InChI is InChI=1S/C9H19NO2/c1-5-10(6-9(3)11)8(2)7-12-4/h8H,5-7H2,1-4H3. The first kappa shape index (κ1) is 11.6. The zero-order valence-electron chi connectivity index (χ0n) is 8.46. The normalized spacial score (nSPS) is 13.4. The van der Waals surface area contributed by atoms with E-state index < -0.39 is 0 Å². The molecule has 0 saturated heterocycles. The molecule has 0 aliphatic rings. The molecule has 0 saturated carbocycles. The van der Waals surface area contributed by atoms with Gasteiger partial charge < -0.3 is 4.74 Å². The first-order chi connectivity index (χ1) is 5.61. The van der Waals surface area contributed by atoms with E-state index in [1.165, 1.54) is 0 Å². The molecule has 0 heterocycles. The second-order valence-electron chi connectivity index (χ2n) is 3.07. The third-order valence-electron chi connectivity index (χ3n) is 1.86. The van der Waals surface area contributed by atoms with Gasteiger partial charge in [-0.2, -0.15) is 0 Å². The lowest BCUT2D eigenvalue weighted by molar-refractivity contribution is -0.118. The van der Waals surface area contributed by atoms with Gasteiger partial charge in [-0.25, -0.2) is 0 Å². The molecular formula is C9H19NO2. The number of hydrogen-bond acceptors (Lipinski definition) is 3. The Morgan fingerprint density at radius 2 is 2.17 bits per heavy atom. The summed E-state index contributed by atoms with van der Waals surface area (Å²) in [5, 5.41) is 0. The number of Topliss-reactive ketones (excluding diaryl/α,β-unsaturated/α-hetero) is 1. The highest BCUT2D eigenvalue weighted by Crippen LogP contribution is 1.98. The lowest BCUT2D eigenvalue weighted by Gasteiger charge is -2.25. The zero-order chi connectivity index (χ0) is 9.56. The molecule has 0 aromatic rings. The molecule has 0 rings (SSSR count). The summed E-state index contributed by atoms with van der Waals surface area (Å²) in [4.78, 5) is 12.9. The van der Waals surface area contributed by atoms with Crippen LogP contribution in [0.5, 0.6) is 0 Å². The van der Waals surface area contributed by atoms with E-state index in [-0.39, 0.29) is 5.78 Å². The average molecular weight is 173 g/mol. The predicted molar refractivity (Wildman–Crippen MR) is 49.3 cm³/mol. The molecule has 72 valence electrons. The van der Waals surface area contributed by atoms with Crippen molar-refractivity contribution in [2.24, 2.45) is 0 Å². The van der Waals surface area contributed by atoms with E-state index >= 15 is 0 Å². The second-order valence-corrected chi connectivity index (χ2v) is 3.07. The zero-order valence-corrected chi connectivity index (χ0v) is 8.46. The number of likely N-dealkylation sites (N-methyl/N-ethyl adjacent to an activating group) is 1. The van der Waals surface area contributed by atoms with Gasteiger partial charge in [0.2, 0.25) is 0 Å². The van der Waals surface area contributed by atoms with Gasteiger partial charge in [0, 0.05) is 13.2 Å². The first-order valence-corrected chi connectivity index (χ1v) is 4.34. The SMILES string of the molecule is CCN(CC(C)=O)C(C)COC. The lowest BCUT2D eigenvalue weighted by Crippen LogP contribution is -2.39. The fourth-order valence-electron chi connectivity index (χ4n) is 1.21. The molecular weight excluding hydrogens is 154 g/mol. The maximum Gasteiger partial charge on any atom is 0.143 e.